The van der Waals surface area contributed by atoms with Crippen molar-refractivity contribution in [3.05, 3.63) is 58.4 Å². The zero-order valence-corrected chi connectivity index (χ0v) is 13.6. The van der Waals surface area contributed by atoms with Gasteiger partial charge in [-0.25, -0.2) is 0 Å². The normalized spacial score (nSPS) is 10.6. The highest BCUT2D eigenvalue weighted by Gasteiger charge is 2.11. The lowest BCUT2D eigenvalue weighted by molar-refractivity contribution is 0.243. The van der Waals surface area contributed by atoms with Gasteiger partial charge >= 0.3 is 0 Å². The molecule has 0 amide bonds. The number of ether oxygens (including phenoxy) is 2. The molecular formula is C16H12Cl2N2O3. The van der Waals surface area contributed by atoms with Gasteiger partial charge in [-0.3, -0.25) is 0 Å². The van der Waals surface area contributed by atoms with Crippen molar-refractivity contribution in [1.82, 2.24) is 10.1 Å². The summed E-state index contributed by atoms with van der Waals surface area (Å²) in [5, 5.41) is 4.93. The first kappa shape index (κ1) is 15.6. The monoisotopic (exact) mass is 350 g/mol. The van der Waals surface area contributed by atoms with Crippen LogP contribution in [-0.2, 0) is 6.61 Å². The molecule has 0 saturated heterocycles. The molecule has 0 radical (unpaired) electrons. The van der Waals surface area contributed by atoms with Crippen molar-refractivity contribution < 1.29 is 14.0 Å². The number of hydrogen-bond acceptors (Lipinski definition) is 5. The quantitative estimate of drug-likeness (QED) is 0.671. The van der Waals surface area contributed by atoms with E-state index in [1.165, 1.54) is 0 Å². The largest absolute Gasteiger partial charge is 0.497 e. The molecule has 1 heterocycles. The molecule has 3 rings (SSSR count). The van der Waals surface area contributed by atoms with Gasteiger partial charge in [0, 0.05) is 16.7 Å². The lowest BCUT2D eigenvalue weighted by Gasteiger charge is -2.05. The molecule has 7 heteroatoms. The maximum atomic E-state index is 6.03. The molecule has 0 fully saturated rings. The third-order valence-electron chi connectivity index (χ3n) is 3.04. The van der Waals surface area contributed by atoms with Crippen LogP contribution in [0, 0.1) is 0 Å². The summed E-state index contributed by atoms with van der Waals surface area (Å²) in [7, 11) is 1.60. The smallest absolute Gasteiger partial charge is 0.264 e. The molecule has 118 valence electrons. The van der Waals surface area contributed by atoms with E-state index in [0.29, 0.717) is 27.5 Å². The van der Waals surface area contributed by atoms with Crippen molar-refractivity contribution in [2.45, 2.75) is 6.61 Å². The van der Waals surface area contributed by atoms with Crippen molar-refractivity contribution in [2.75, 3.05) is 7.11 Å². The Morgan fingerprint density at radius 2 is 2.00 bits per heavy atom. The SMILES string of the molecule is COc1cccc(-c2noc(COc3cc(Cl)ccc3Cl)n2)c1. The zero-order chi connectivity index (χ0) is 16.2. The van der Waals surface area contributed by atoms with Crippen molar-refractivity contribution >= 4 is 23.2 Å². The van der Waals surface area contributed by atoms with E-state index in [9.17, 15) is 0 Å². The van der Waals surface area contributed by atoms with Gasteiger partial charge in [0.1, 0.15) is 11.5 Å². The minimum atomic E-state index is 0.0943. The molecule has 5 nitrogen and oxygen atoms in total. The van der Waals surface area contributed by atoms with Crippen LogP contribution >= 0.6 is 23.2 Å². The van der Waals surface area contributed by atoms with E-state index < -0.39 is 0 Å². The van der Waals surface area contributed by atoms with Crippen LogP contribution in [0.2, 0.25) is 10.0 Å². The van der Waals surface area contributed by atoms with Crippen molar-refractivity contribution in [2.24, 2.45) is 0 Å². The molecule has 0 bridgehead atoms. The second-order valence-electron chi connectivity index (χ2n) is 4.61. The molecule has 0 atom stereocenters. The second-order valence-corrected chi connectivity index (χ2v) is 5.45. The van der Waals surface area contributed by atoms with Gasteiger partial charge in [0.05, 0.1) is 12.1 Å². The molecule has 0 spiro atoms. The van der Waals surface area contributed by atoms with E-state index in [1.807, 2.05) is 24.3 Å². The Kier molecular flexibility index (Phi) is 4.69. The highest BCUT2D eigenvalue weighted by molar-refractivity contribution is 6.34. The molecule has 0 aliphatic rings. The van der Waals surface area contributed by atoms with Gasteiger partial charge in [0.25, 0.3) is 5.89 Å². The standard InChI is InChI=1S/C16H12Cl2N2O3/c1-21-12-4-2-3-10(7-12)16-19-15(23-20-16)9-22-14-8-11(17)5-6-13(14)18/h2-8H,9H2,1H3. The third-order valence-corrected chi connectivity index (χ3v) is 3.59. The van der Waals surface area contributed by atoms with E-state index in [0.717, 1.165) is 11.3 Å². The van der Waals surface area contributed by atoms with E-state index in [2.05, 4.69) is 10.1 Å². The lowest BCUT2D eigenvalue weighted by Crippen LogP contribution is -1.96. The minimum Gasteiger partial charge on any atom is -0.497 e. The molecule has 1 aromatic heterocycles. The number of benzene rings is 2. The lowest BCUT2D eigenvalue weighted by atomic mass is 10.2. The topological polar surface area (TPSA) is 57.4 Å². The first-order valence-electron chi connectivity index (χ1n) is 6.70. The molecule has 0 aliphatic carbocycles. The van der Waals surface area contributed by atoms with Gasteiger partial charge in [-0.2, -0.15) is 4.98 Å². The summed E-state index contributed by atoms with van der Waals surface area (Å²) < 4.78 is 15.9. The zero-order valence-electron chi connectivity index (χ0n) is 12.1. The Bertz CT molecular complexity index is 821. The average molecular weight is 351 g/mol. The summed E-state index contributed by atoms with van der Waals surface area (Å²) >= 11 is 11.9. The highest BCUT2D eigenvalue weighted by atomic mass is 35.5. The van der Waals surface area contributed by atoms with Crippen LogP contribution in [0.4, 0.5) is 0 Å². The summed E-state index contributed by atoms with van der Waals surface area (Å²) in [4.78, 5) is 4.29. The summed E-state index contributed by atoms with van der Waals surface area (Å²) in [6, 6.07) is 12.4. The summed E-state index contributed by atoms with van der Waals surface area (Å²) in [5.41, 5.74) is 0.792. The molecule has 0 aliphatic heterocycles. The summed E-state index contributed by atoms with van der Waals surface area (Å²) in [6.45, 7) is 0.0943. The number of rotatable bonds is 5. The first-order chi connectivity index (χ1) is 11.2. The molecular weight excluding hydrogens is 339 g/mol. The van der Waals surface area contributed by atoms with Crippen molar-refractivity contribution in [1.29, 1.82) is 0 Å². The fourth-order valence-electron chi connectivity index (χ4n) is 1.92. The minimum absolute atomic E-state index is 0.0943. The van der Waals surface area contributed by atoms with E-state index in [1.54, 1.807) is 25.3 Å². The average Bonchev–Trinajstić information content (AvgIpc) is 3.05. The third kappa shape index (κ3) is 3.75. The molecule has 0 unspecified atom stereocenters. The van der Waals surface area contributed by atoms with Crippen LogP contribution in [0.5, 0.6) is 11.5 Å². The van der Waals surface area contributed by atoms with Crippen molar-refractivity contribution in [3.8, 4) is 22.9 Å². The van der Waals surface area contributed by atoms with Gasteiger partial charge in [0.2, 0.25) is 5.82 Å². The Balaban J connectivity index is 1.73. The molecule has 3 aromatic rings. The Labute approximate surface area is 142 Å². The van der Waals surface area contributed by atoms with Gasteiger partial charge < -0.3 is 14.0 Å². The highest BCUT2D eigenvalue weighted by Crippen LogP contribution is 2.28. The summed E-state index contributed by atoms with van der Waals surface area (Å²) in [6.07, 6.45) is 0. The Morgan fingerprint density at radius 3 is 2.83 bits per heavy atom. The predicted octanol–water partition coefficient (Wildman–Crippen LogP) is 4.63. The van der Waals surface area contributed by atoms with E-state index >= 15 is 0 Å². The van der Waals surface area contributed by atoms with Crippen LogP contribution in [0.3, 0.4) is 0 Å². The van der Waals surface area contributed by atoms with Crippen LogP contribution in [0.25, 0.3) is 11.4 Å². The molecule has 23 heavy (non-hydrogen) atoms. The molecule has 0 N–H and O–H groups in total. The number of nitrogens with zero attached hydrogens (tertiary/aromatic N) is 2. The number of hydrogen-bond donors (Lipinski definition) is 0. The van der Waals surface area contributed by atoms with Crippen LogP contribution < -0.4 is 9.47 Å². The molecule has 0 saturated carbocycles. The first-order valence-corrected chi connectivity index (χ1v) is 7.46. The summed E-state index contributed by atoms with van der Waals surface area (Å²) in [5.74, 6) is 1.97. The van der Waals surface area contributed by atoms with Gasteiger partial charge in [0.15, 0.2) is 6.61 Å². The molecule has 2 aromatic carbocycles. The van der Waals surface area contributed by atoms with E-state index in [4.69, 9.17) is 37.2 Å². The number of methoxy groups -OCH3 is 1. The maximum absolute atomic E-state index is 6.03. The van der Waals surface area contributed by atoms with Gasteiger partial charge in [-0.05, 0) is 24.3 Å². The maximum Gasteiger partial charge on any atom is 0.264 e. The Morgan fingerprint density at radius 1 is 1.13 bits per heavy atom. The van der Waals surface area contributed by atoms with Crippen molar-refractivity contribution in [3.63, 3.8) is 0 Å². The van der Waals surface area contributed by atoms with Crippen LogP contribution in [0.1, 0.15) is 5.89 Å². The van der Waals surface area contributed by atoms with Gasteiger partial charge in [-0.15, -0.1) is 0 Å². The Hall–Kier alpha value is -2.24. The fraction of sp³-hybridized carbons (Fsp3) is 0.125. The second kappa shape index (κ2) is 6.89. The predicted molar refractivity (Wildman–Crippen MR) is 87.1 cm³/mol. The van der Waals surface area contributed by atoms with Crippen LogP contribution in [-0.4, -0.2) is 17.3 Å². The fourth-order valence-corrected chi connectivity index (χ4v) is 2.25. The van der Waals surface area contributed by atoms with Crippen LogP contribution in [0.15, 0.2) is 47.0 Å². The number of halogens is 2. The van der Waals surface area contributed by atoms with E-state index in [-0.39, 0.29) is 6.61 Å². The number of aromatic nitrogens is 2. The van der Waals surface area contributed by atoms with Gasteiger partial charge in [-0.1, -0.05) is 40.5 Å².